The molecular weight excluding hydrogens is 360 g/mol. The van der Waals surface area contributed by atoms with Crippen molar-refractivity contribution in [1.29, 1.82) is 0 Å². The molecule has 0 spiro atoms. The molecule has 0 aromatic heterocycles. The van der Waals surface area contributed by atoms with Gasteiger partial charge in [0.1, 0.15) is 0 Å². The van der Waals surface area contributed by atoms with Gasteiger partial charge in [-0.3, -0.25) is 0 Å². The molecule has 1 aliphatic carbocycles. The van der Waals surface area contributed by atoms with Gasteiger partial charge in [0, 0.05) is 31.5 Å². The first-order valence-electron chi connectivity index (χ1n) is 10.2. The number of urea groups is 1. The molecule has 1 aromatic rings. The molecule has 7 heteroatoms. The van der Waals surface area contributed by atoms with Crippen molar-refractivity contribution in [3.05, 3.63) is 30.3 Å². The number of benzene rings is 1. The van der Waals surface area contributed by atoms with E-state index in [9.17, 15) is 4.79 Å². The first-order valence-corrected chi connectivity index (χ1v) is 12.1. The summed E-state index contributed by atoms with van der Waals surface area (Å²) in [6.45, 7) is 7.33. The van der Waals surface area contributed by atoms with E-state index in [0.29, 0.717) is 26.0 Å². The second kappa shape index (κ2) is 11.4. The zero-order valence-electron chi connectivity index (χ0n) is 16.9. The van der Waals surface area contributed by atoms with Gasteiger partial charge in [0.05, 0.1) is 6.17 Å². The van der Waals surface area contributed by atoms with Crippen molar-refractivity contribution in [3.63, 3.8) is 0 Å². The molecule has 0 heterocycles. The highest BCUT2D eigenvalue weighted by molar-refractivity contribution is 6.61. The van der Waals surface area contributed by atoms with Gasteiger partial charge in [-0.25, -0.2) is 4.79 Å². The van der Waals surface area contributed by atoms with Crippen molar-refractivity contribution in [2.45, 2.75) is 58.9 Å². The van der Waals surface area contributed by atoms with E-state index < -0.39 is 8.80 Å². The third kappa shape index (κ3) is 6.60. The molecule has 2 amide bonds. The standard InChI is InChI=1S/C20H34N2O4Si/c1-4-24-27(25-5-2,26-6-3)17-22(19-15-11-8-12-16-19)20(23)21-18-13-9-7-10-14-18/h7,9-10,13-14,19H,4-6,8,11-12,15-17H2,1-3H3,(H,21,23). The monoisotopic (exact) mass is 394 g/mol. The molecule has 2 rings (SSSR count). The second-order valence-electron chi connectivity index (χ2n) is 6.70. The number of carbonyl (C=O) groups excluding carboxylic acids is 1. The minimum atomic E-state index is -2.96. The molecule has 1 fully saturated rings. The summed E-state index contributed by atoms with van der Waals surface area (Å²) in [6.07, 6.45) is 5.92. The Morgan fingerprint density at radius 2 is 1.56 bits per heavy atom. The molecule has 0 aliphatic heterocycles. The van der Waals surface area contributed by atoms with E-state index in [1.807, 2.05) is 56.0 Å². The van der Waals surface area contributed by atoms with Gasteiger partial charge in [0.15, 0.2) is 0 Å². The Hall–Kier alpha value is -1.41. The number of para-hydroxylation sites is 1. The van der Waals surface area contributed by atoms with E-state index in [-0.39, 0.29) is 12.1 Å². The maximum Gasteiger partial charge on any atom is 0.521 e. The topological polar surface area (TPSA) is 60.0 Å². The van der Waals surface area contributed by atoms with Crippen molar-refractivity contribution in [1.82, 2.24) is 4.90 Å². The van der Waals surface area contributed by atoms with E-state index in [1.165, 1.54) is 6.42 Å². The van der Waals surface area contributed by atoms with E-state index in [4.69, 9.17) is 13.3 Å². The number of nitrogens with zero attached hydrogens (tertiary/aromatic N) is 1. The Morgan fingerprint density at radius 3 is 2.07 bits per heavy atom. The maximum atomic E-state index is 13.2. The molecule has 0 unspecified atom stereocenters. The SMILES string of the molecule is CCO[Si](CN(C(=O)Nc1ccccc1)C1CCCCC1)(OCC)OCC. The molecule has 1 N–H and O–H groups in total. The average molecular weight is 395 g/mol. The van der Waals surface area contributed by atoms with Gasteiger partial charge in [-0.05, 0) is 45.7 Å². The van der Waals surface area contributed by atoms with Crippen LogP contribution in [0.4, 0.5) is 10.5 Å². The smallest absolute Gasteiger partial charge is 0.373 e. The quantitative estimate of drug-likeness (QED) is 0.596. The normalized spacial score (nSPS) is 15.5. The molecule has 1 aliphatic rings. The largest absolute Gasteiger partial charge is 0.521 e. The fourth-order valence-corrected chi connectivity index (χ4v) is 6.27. The van der Waals surface area contributed by atoms with Crippen LogP contribution in [0, 0.1) is 0 Å². The Morgan fingerprint density at radius 1 is 1.00 bits per heavy atom. The molecule has 0 bridgehead atoms. The van der Waals surface area contributed by atoms with Gasteiger partial charge in [-0.2, -0.15) is 0 Å². The van der Waals surface area contributed by atoms with Crippen LogP contribution in [0.15, 0.2) is 30.3 Å². The summed E-state index contributed by atoms with van der Waals surface area (Å²) < 4.78 is 18.0. The van der Waals surface area contributed by atoms with Crippen molar-refractivity contribution in [3.8, 4) is 0 Å². The first kappa shape index (κ1) is 21.9. The van der Waals surface area contributed by atoms with E-state index in [2.05, 4.69) is 5.32 Å². The molecule has 0 radical (unpaired) electrons. The van der Waals surface area contributed by atoms with E-state index in [0.717, 1.165) is 31.4 Å². The van der Waals surface area contributed by atoms with Crippen molar-refractivity contribution < 1.29 is 18.1 Å². The van der Waals surface area contributed by atoms with Gasteiger partial charge in [-0.1, -0.05) is 37.5 Å². The lowest BCUT2D eigenvalue weighted by atomic mass is 9.95. The fourth-order valence-electron chi connectivity index (χ4n) is 3.61. The summed E-state index contributed by atoms with van der Waals surface area (Å²) in [7, 11) is -2.96. The summed E-state index contributed by atoms with van der Waals surface area (Å²) in [4.78, 5) is 15.1. The zero-order valence-corrected chi connectivity index (χ0v) is 17.9. The molecule has 0 atom stereocenters. The fraction of sp³-hybridized carbons (Fsp3) is 0.650. The van der Waals surface area contributed by atoms with Crippen LogP contribution >= 0.6 is 0 Å². The van der Waals surface area contributed by atoms with Crippen molar-refractivity contribution >= 4 is 20.5 Å². The predicted octanol–water partition coefficient (Wildman–Crippen LogP) is 4.44. The summed E-state index contributed by atoms with van der Waals surface area (Å²) >= 11 is 0. The number of hydrogen-bond donors (Lipinski definition) is 1. The summed E-state index contributed by atoms with van der Waals surface area (Å²) in [5.41, 5.74) is 0.791. The molecule has 0 saturated heterocycles. The number of carbonyl (C=O) groups is 1. The van der Waals surface area contributed by atoms with Crippen LogP contribution in [0.25, 0.3) is 0 Å². The number of hydrogen-bond acceptors (Lipinski definition) is 4. The number of nitrogens with one attached hydrogen (secondary N) is 1. The average Bonchev–Trinajstić information content (AvgIpc) is 2.68. The van der Waals surface area contributed by atoms with Gasteiger partial charge < -0.3 is 23.5 Å². The van der Waals surface area contributed by atoms with Crippen LogP contribution in [-0.2, 0) is 13.3 Å². The zero-order chi connectivity index (χ0) is 19.5. The van der Waals surface area contributed by atoms with Crippen LogP contribution in [0.3, 0.4) is 0 Å². The van der Waals surface area contributed by atoms with Crippen molar-refractivity contribution in [2.24, 2.45) is 0 Å². The van der Waals surface area contributed by atoms with E-state index >= 15 is 0 Å². The third-order valence-corrected chi connectivity index (χ3v) is 7.67. The molecule has 152 valence electrons. The minimum Gasteiger partial charge on any atom is -0.373 e. The second-order valence-corrected chi connectivity index (χ2v) is 9.25. The van der Waals surface area contributed by atoms with Crippen LogP contribution in [0.1, 0.15) is 52.9 Å². The Bertz CT molecular complexity index is 535. The highest BCUT2D eigenvalue weighted by Crippen LogP contribution is 2.26. The maximum absolute atomic E-state index is 13.2. The lowest BCUT2D eigenvalue weighted by Crippen LogP contribution is -2.59. The highest BCUT2D eigenvalue weighted by atomic mass is 28.4. The first-order chi connectivity index (χ1) is 13.1. The summed E-state index contributed by atoms with van der Waals surface area (Å²) in [5.74, 6) is 0. The summed E-state index contributed by atoms with van der Waals surface area (Å²) in [6, 6.07) is 9.65. The molecule has 1 saturated carbocycles. The number of amides is 2. The lowest BCUT2D eigenvalue weighted by Gasteiger charge is -2.39. The predicted molar refractivity (Wildman–Crippen MR) is 110 cm³/mol. The molecule has 6 nitrogen and oxygen atoms in total. The Kier molecular flexibility index (Phi) is 9.27. The van der Waals surface area contributed by atoms with Gasteiger partial charge in [0.2, 0.25) is 0 Å². The van der Waals surface area contributed by atoms with Crippen LogP contribution < -0.4 is 5.32 Å². The third-order valence-electron chi connectivity index (χ3n) is 4.76. The lowest BCUT2D eigenvalue weighted by molar-refractivity contribution is 0.0541. The van der Waals surface area contributed by atoms with Crippen LogP contribution in [0.2, 0.25) is 0 Å². The minimum absolute atomic E-state index is 0.107. The van der Waals surface area contributed by atoms with E-state index in [1.54, 1.807) is 0 Å². The highest BCUT2D eigenvalue weighted by Gasteiger charge is 2.45. The molecular formula is C20H34N2O4Si. The number of anilines is 1. The van der Waals surface area contributed by atoms with Crippen LogP contribution in [-0.4, -0.2) is 51.8 Å². The molecule has 1 aromatic carbocycles. The van der Waals surface area contributed by atoms with Gasteiger partial charge in [-0.15, -0.1) is 0 Å². The molecule has 27 heavy (non-hydrogen) atoms. The summed E-state index contributed by atoms with van der Waals surface area (Å²) in [5, 5.41) is 3.03. The van der Waals surface area contributed by atoms with Gasteiger partial charge in [0.25, 0.3) is 0 Å². The van der Waals surface area contributed by atoms with Gasteiger partial charge >= 0.3 is 14.8 Å². The Balaban J connectivity index is 2.22. The number of rotatable bonds is 10. The van der Waals surface area contributed by atoms with Crippen molar-refractivity contribution in [2.75, 3.05) is 31.3 Å². The van der Waals surface area contributed by atoms with Crippen LogP contribution in [0.5, 0.6) is 0 Å². The Labute approximate surface area is 164 Å².